The van der Waals surface area contributed by atoms with Crippen molar-refractivity contribution in [1.82, 2.24) is 0 Å². The van der Waals surface area contributed by atoms with Crippen LogP contribution in [-0.2, 0) is 4.79 Å². The monoisotopic (exact) mass is 361 g/mol. The molecule has 0 saturated heterocycles. The minimum Gasteiger partial charge on any atom is -0.497 e. The van der Waals surface area contributed by atoms with Gasteiger partial charge in [0.25, 0.3) is 0 Å². The van der Waals surface area contributed by atoms with Crippen LogP contribution in [0.25, 0.3) is 0 Å². The van der Waals surface area contributed by atoms with Gasteiger partial charge in [-0.1, -0.05) is 43.4 Å². The highest BCUT2D eigenvalue weighted by Gasteiger charge is 2.24. The van der Waals surface area contributed by atoms with Crippen LogP contribution < -0.4 is 10.1 Å². The summed E-state index contributed by atoms with van der Waals surface area (Å²) in [7, 11) is 1.62. The molecule has 0 heterocycles. The van der Waals surface area contributed by atoms with Crippen molar-refractivity contribution in [2.24, 2.45) is 11.8 Å². The Balaban J connectivity index is 2.63. The van der Waals surface area contributed by atoms with Crippen molar-refractivity contribution in [3.05, 3.63) is 24.3 Å². The molecule has 0 spiro atoms. The number of methoxy groups -OCH3 is 1. The van der Waals surface area contributed by atoms with E-state index in [1.54, 1.807) is 7.11 Å². The second-order valence-electron chi connectivity index (χ2n) is 4.69. The lowest BCUT2D eigenvalue weighted by Gasteiger charge is -2.21. The summed E-state index contributed by atoms with van der Waals surface area (Å²) in [6.07, 6.45) is 0. The molecule has 0 saturated carbocycles. The molecule has 3 nitrogen and oxygen atoms in total. The van der Waals surface area contributed by atoms with Gasteiger partial charge in [-0.2, -0.15) is 0 Å². The van der Waals surface area contributed by atoms with Gasteiger partial charge in [0.2, 0.25) is 5.91 Å². The third kappa shape index (κ3) is 4.15. The van der Waals surface area contributed by atoms with E-state index in [0.29, 0.717) is 9.84 Å². The van der Waals surface area contributed by atoms with Crippen LogP contribution in [0.4, 0.5) is 5.69 Å². The molecule has 18 heavy (non-hydrogen) atoms. The van der Waals surface area contributed by atoms with Gasteiger partial charge in [0.05, 0.1) is 7.11 Å². The summed E-state index contributed by atoms with van der Waals surface area (Å²) >= 11 is 2.35. The topological polar surface area (TPSA) is 38.3 Å². The summed E-state index contributed by atoms with van der Waals surface area (Å²) in [4.78, 5) is 12.1. The maximum absolute atomic E-state index is 12.1. The largest absolute Gasteiger partial charge is 0.497 e. The third-order valence-corrected chi connectivity index (χ3v) is 5.40. The number of alkyl halides is 1. The van der Waals surface area contributed by atoms with Crippen LogP contribution in [0.1, 0.15) is 20.8 Å². The number of amides is 1. The van der Waals surface area contributed by atoms with Gasteiger partial charge in [0.1, 0.15) is 5.75 Å². The predicted molar refractivity (Wildman–Crippen MR) is 83.4 cm³/mol. The number of nitrogens with one attached hydrogen (secondary N) is 1. The molecule has 1 aromatic carbocycles. The van der Waals surface area contributed by atoms with Crippen molar-refractivity contribution in [3.8, 4) is 5.75 Å². The zero-order valence-electron chi connectivity index (χ0n) is 11.2. The van der Waals surface area contributed by atoms with Crippen molar-refractivity contribution in [3.63, 3.8) is 0 Å². The fourth-order valence-corrected chi connectivity index (χ4v) is 1.98. The van der Waals surface area contributed by atoms with Gasteiger partial charge in [0.15, 0.2) is 0 Å². The van der Waals surface area contributed by atoms with E-state index in [2.05, 4.69) is 41.8 Å². The normalized spacial score (nSPS) is 14.1. The van der Waals surface area contributed by atoms with E-state index >= 15 is 0 Å². The summed E-state index contributed by atoms with van der Waals surface area (Å²) in [6, 6.07) is 7.37. The molecule has 0 bridgehead atoms. The smallest absolute Gasteiger partial charge is 0.228 e. The van der Waals surface area contributed by atoms with Crippen molar-refractivity contribution in [1.29, 1.82) is 0 Å². The number of halogens is 1. The molecule has 100 valence electrons. The molecule has 1 aromatic rings. The van der Waals surface area contributed by atoms with E-state index in [1.165, 1.54) is 0 Å². The number of hydrogen-bond acceptors (Lipinski definition) is 2. The first-order valence-corrected chi connectivity index (χ1v) is 7.29. The van der Waals surface area contributed by atoms with Crippen molar-refractivity contribution < 1.29 is 9.53 Å². The Labute approximate surface area is 122 Å². The molecule has 0 aliphatic carbocycles. The van der Waals surface area contributed by atoms with Crippen LogP contribution in [0.3, 0.4) is 0 Å². The van der Waals surface area contributed by atoms with E-state index in [-0.39, 0.29) is 11.8 Å². The maximum atomic E-state index is 12.1. The lowest BCUT2D eigenvalue weighted by atomic mass is 9.98. The Morgan fingerprint density at radius 1 is 1.22 bits per heavy atom. The second kappa shape index (κ2) is 6.97. The molecule has 1 amide bonds. The minimum atomic E-state index is -0.00676. The molecule has 0 unspecified atom stereocenters. The summed E-state index contributed by atoms with van der Waals surface area (Å²) in [5.74, 6) is 1.33. The van der Waals surface area contributed by atoms with Crippen LogP contribution in [-0.4, -0.2) is 16.9 Å². The molecule has 0 aromatic heterocycles. The lowest BCUT2D eigenvalue weighted by molar-refractivity contribution is -0.119. The van der Waals surface area contributed by atoms with Crippen molar-refractivity contribution in [2.45, 2.75) is 24.7 Å². The van der Waals surface area contributed by atoms with Gasteiger partial charge in [-0.3, -0.25) is 4.79 Å². The van der Waals surface area contributed by atoms with E-state index in [0.717, 1.165) is 11.4 Å². The average Bonchev–Trinajstić information content (AvgIpc) is 2.37. The summed E-state index contributed by atoms with van der Waals surface area (Å²) < 4.78 is 5.41. The predicted octanol–water partition coefficient (Wildman–Crippen LogP) is 3.73. The molecule has 4 heteroatoms. The Bertz CT molecular complexity index is 389. The fourth-order valence-electron chi connectivity index (χ4n) is 1.65. The second-order valence-corrected chi connectivity index (χ2v) is 6.13. The van der Waals surface area contributed by atoms with Gasteiger partial charge < -0.3 is 10.1 Å². The number of anilines is 1. The standard InChI is InChI=1S/C14H20INO2/c1-9(2)13(15)10(3)14(17)16-11-5-7-12(18-4)8-6-11/h5-10,13H,1-4H3,(H,16,17)/t10-,13-/m0/s1. The highest BCUT2D eigenvalue weighted by molar-refractivity contribution is 14.1. The third-order valence-electron chi connectivity index (χ3n) is 2.89. The van der Waals surface area contributed by atoms with Gasteiger partial charge in [-0.05, 0) is 30.2 Å². The van der Waals surface area contributed by atoms with Crippen LogP contribution in [0.15, 0.2) is 24.3 Å². The first-order valence-electron chi connectivity index (χ1n) is 6.04. The molecule has 1 N–H and O–H groups in total. The molecule has 1 rings (SSSR count). The van der Waals surface area contributed by atoms with Crippen LogP contribution in [0.5, 0.6) is 5.75 Å². The van der Waals surface area contributed by atoms with Crippen LogP contribution in [0.2, 0.25) is 0 Å². The number of carbonyl (C=O) groups is 1. The SMILES string of the molecule is COc1ccc(NC(=O)[C@@H](C)[C@@H](I)C(C)C)cc1. The van der Waals surface area contributed by atoms with E-state index < -0.39 is 0 Å². The van der Waals surface area contributed by atoms with Gasteiger partial charge in [-0.25, -0.2) is 0 Å². The van der Waals surface area contributed by atoms with Crippen molar-refractivity contribution >= 4 is 34.2 Å². The zero-order valence-corrected chi connectivity index (χ0v) is 13.4. The summed E-state index contributed by atoms with van der Waals surface area (Å²) in [5.41, 5.74) is 0.806. The zero-order chi connectivity index (χ0) is 13.7. The van der Waals surface area contributed by atoms with Gasteiger partial charge in [-0.15, -0.1) is 0 Å². The highest BCUT2D eigenvalue weighted by atomic mass is 127. The molecule has 0 radical (unpaired) electrons. The molecule has 2 atom stereocenters. The number of benzene rings is 1. The first-order chi connectivity index (χ1) is 8.45. The van der Waals surface area contributed by atoms with Crippen LogP contribution >= 0.6 is 22.6 Å². The molecule has 0 aliphatic rings. The van der Waals surface area contributed by atoms with Gasteiger partial charge in [0, 0.05) is 15.5 Å². The minimum absolute atomic E-state index is 0.00676. The Kier molecular flexibility index (Phi) is 5.91. The van der Waals surface area contributed by atoms with E-state index in [4.69, 9.17) is 4.74 Å². The molecule has 0 aliphatic heterocycles. The lowest BCUT2D eigenvalue weighted by Crippen LogP contribution is -2.30. The molecular formula is C14H20INO2. The van der Waals surface area contributed by atoms with Gasteiger partial charge >= 0.3 is 0 Å². The summed E-state index contributed by atoms with van der Waals surface area (Å²) in [5, 5.41) is 2.93. The van der Waals surface area contributed by atoms with E-state index in [1.807, 2.05) is 31.2 Å². The molecular weight excluding hydrogens is 341 g/mol. The Hall–Kier alpha value is -0.780. The fraction of sp³-hybridized carbons (Fsp3) is 0.500. The Morgan fingerprint density at radius 2 is 1.78 bits per heavy atom. The molecule has 0 fully saturated rings. The highest BCUT2D eigenvalue weighted by Crippen LogP contribution is 2.23. The number of hydrogen-bond donors (Lipinski definition) is 1. The quantitative estimate of drug-likeness (QED) is 0.641. The van der Waals surface area contributed by atoms with Crippen LogP contribution in [0, 0.1) is 11.8 Å². The van der Waals surface area contributed by atoms with E-state index in [9.17, 15) is 4.79 Å². The number of ether oxygens (including phenoxy) is 1. The number of carbonyl (C=O) groups excluding carboxylic acids is 1. The average molecular weight is 361 g/mol. The number of rotatable bonds is 5. The Morgan fingerprint density at radius 3 is 2.22 bits per heavy atom. The maximum Gasteiger partial charge on any atom is 0.228 e. The summed E-state index contributed by atoms with van der Waals surface area (Å²) in [6.45, 7) is 6.23. The first kappa shape index (κ1) is 15.3. The van der Waals surface area contributed by atoms with Crippen molar-refractivity contribution in [2.75, 3.05) is 12.4 Å².